The van der Waals surface area contributed by atoms with Crippen LogP contribution in [0.25, 0.3) is 16.2 Å². The summed E-state index contributed by atoms with van der Waals surface area (Å²) in [5, 5.41) is 12.1. The fourth-order valence-corrected chi connectivity index (χ4v) is 2.86. The standard InChI is InChI=1S/C14H12N8O2S/c1-15-10-18-25(23,24)13-4-2-11(3-5-13)14-19-21-22(20-14)9-12-8-16-6-7-17-12/h2-8,18H,9-10H2. The topological polar surface area (TPSA) is 120 Å². The van der Waals surface area contributed by atoms with E-state index in [4.69, 9.17) is 6.57 Å². The van der Waals surface area contributed by atoms with E-state index in [-0.39, 0.29) is 11.6 Å². The SMILES string of the molecule is [C-]#[N+]CNS(=O)(=O)c1ccc(-c2nnn(Cc3cnccn3)n2)cc1. The number of hydrogen-bond acceptors (Lipinski definition) is 7. The second kappa shape index (κ2) is 7.12. The smallest absolute Gasteiger partial charge is 0.280 e. The Kier molecular flexibility index (Phi) is 4.73. The lowest BCUT2D eigenvalue weighted by molar-refractivity contribution is 0.563. The van der Waals surface area contributed by atoms with Crippen LogP contribution >= 0.6 is 0 Å². The molecule has 0 radical (unpaired) electrons. The summed E-state index contributed by atoms with van der Waals surface area (Å²) in [5.74, 6) is 0.363. The zero-order valence-electron chi connectivity index (χ0n) is 12.8. The van der Waals surface area contributed by atoms with Crippen LogP contribution in [0.4, 0.5) is 0 Å². The molecule has 0 saturated carbocycles. The van der Waals surface area contributed by atoms with Crippen LogP contribution < -0.4 is 4.72 Å². The number of aromatic nitrogens is 6. The monoisotopic (exact) mass is 356 g/mol. The normalized spacial score (nSPS) is 11.2. The molecule has 2 aromatic heterocycles. The molecule has 0 atom stereocenters. The quantitative estimate of drug-likeness (QED) is 0.632. The molecular weight excluding hydrogens is 344 g/mol. The van der Waals surface area contributed by atoms with Crippen molar-refractivity contribution in [3.63, 3.8) is 0 Å². The summed E-state index contributed by atoms with van der Waals surface area (Å²) in [6.45, 7) is 6.66. The Morgan fingerprint density at radius 2 is 2.00 bits per heavy atom. The van der Waals surface area contributed by atoms with Crippen LogP contribution in [0.5, 0.6) is 0 Å². The molecule has 0 aliphatic rings. The Morgan fingerprint density at radius 1 is 1.20 bits per heavy atom. The van der Waals surface area contributed by atoms with E-state index in [2.05, 4.69) is 34.9 Å². The van der Waals surface area contributed by atoms with E-state index in [1.54, 1.807) is 30.7 Å². The zero-order chi connectivity index (χ0) is 17.7. The molecular formula is C14H12N8O2S. The summed E-state index contributed by atoms with van der Waals surface area (Å²) in [7, 11) is -3.70. The van der Waals surface area contributed by atoms with Gasteiger partial charge in [-0.05, 0) is 29.5 Å². The average Bonchev–Trinajstić information content (AvgIpc) is 3.09. The number of hydrogen-bond donors (Lipinski definition) is 1. The summed E-state index contributed by atoms with van der Waals surface area (Å²) < 4.78 is 26.0. The van der Waals surface area contributed by atoms with Crippen molar-refractivity contribution in [1.29, 1.82) is 0 Å². The first-order chi connectivity index (χ1) is 12.1. The molecule has 0 aliphatic heterocycles. The number of benzene rings is 1. The second-order valence-corrected chi connectivity index (χ2v) is 6.60. The molecule has 1 N–H and O–H groups in total. The maximum atomic E-state index is 11.9. The van der Waals surface area contributed by atoms with Crippen molar-refractivity contribution in [2.75, 3.05) is 6.67 Å². The van der Waals surface area contributed by atoms with Gasteiger partial charge in [0.15, 0.2) is 0 Å². The molecule has 0 amide bonds. The van der Waals surface area contributed by atoms with Crippen LogP contribution in [0.15, 0.2) is 47.8 Å². The first-order valence-electron chi connectivity index (χ1n) is 7.04. The van der Waals surface area contributed by atoms with Gasteiger partial charge in [-0.2, -0.15) is 4.80 Å². The third-order valence-corrected chi connectivity index (χ3v) is 4.53. The predicted molar refractivity (Wildman–Crippen MR) is 86.2 cm³/mol. The zero-order valence-corrected chi connectivity index (χ0v) is 13.6. The number of nitrogens with one attached hydrogen (secondary N) is 1. The maximum absolute atomic E-state index is 11.9. The van der Waals surface area contributed by atoms with E-state index >= 15 is 0 Å². The van der Waals surface area contributed by atoms with Crippen molar-refractivity contribution in [2.24, 2.45) is 0 Å². The molecule has 3 rings (SSSR count). The molecule has 0 aliphatic carbocycles. The maximum Gasteiger partial charge on any atom is 0.280 e. The summed E-state index contributed by atoms with van der Waals surface area (Å²) in [6.07, 6.45) is 4.76. The van der Waals surface area contributed by atoms with Gasteiger partial charge in [-0.3, -0.25) is 14.8 Å². The number of rotatable bonds is 6. The highest BCUT2D eigenvalue weighted by Gasteiger charge is 2.15. The van der Waals surface area contributed by atoms with Crippen molar-refractivity contribution in [2.45, 2.75) is 11.4 Å². The molecule has 11 heteroatoms. The summed E-state index contributed by atoms with van der Waals surface area (Å²) >= 11 is 0. The van der Waals surface area contributed by atoms with E-state index in [9.17, 15) is 8.42 Å². The highest BCUT2D eigenvalue weighted by Crippen LogP contribution is 2.17. The Labute approximate surface area is 143 Å². The lowest BCUT2D eigenvalue weighted by Gasteiger charge is -2.02. The lowest BCUT2D eigenvalue weighted by Crippen LogP contribution is -2.22. The van der Waals surface area contributed by atoms with E-state index in [0.717, 1.165) is 0 Å². The second-order valence-electron chi connectivity index (χ2n) is 4.83. The fraction of sp³-hybridized carbons (Fsp3) is 0.143. The lowest BCUT2D eigenvalue weighted by atomic mass is 10.2. The van der Waals surface area contributed by atoms with Crippen molar-refractivity contribution < 1.29 is 8.42 Å². The Hall–Kier alpha value is -3.23. The van der Waals surface area contributed by atoms with Gasteiger partial charge >= 0.3 is 0 Å². The summed E-state index contributed by atoms with van der Waals surface area (Å²) in [4.78, 5) is 12.5. The van der Waals surface area contributed by atoms with Crippen molar-refractivity contribution in [1.82, 2.24) is 34.9 Å². The minimum absolute atomic E-state index is 0.0619. The molecule has 25 heavy (non-hydrogen) atoms. The highest BCUT2D eigenvalue weighted by atomic mass is 32.2. The van der Waals surface area contributed by atoms with E-state index in [1.807, 2.05) is 0 Å². The molecule has 0 fully saturated rings. The van der Waals surface area contributed by atoms with Gasteiger partial charge in [-0.25, -0.2) is 15.0 Å². The van der Waals surface area contributed by atoms with Crippen LogP contribution in [0.2, 0.25) is 0 Å². The highest BCUT2D eigenvalue weighted by molar-refractivity contribution is 7.89. The first kappa shape index (κ1) is 16.6. The largest absolute Gasteiger partial charge is 0.299 e. The van der Waals surface area contributed by atoms with Gasteiger partial charge in [-0.1, -0.05) is 0 Å². The van der Waals surface area contributed by atoms with Crippen LogP contribution in [0.1, 0.15) is 5.69 Å². The molecule has 126 valence electrons. The van der Waals surface area contributed by atoms with E-state index in [1.165, 1.54) is 16.9 Å². The van der Waals surface area contributed by atoms with Gasteiger partial charge in [-0.15, -0.1) is 14.9 Å². The molecule has 0 unspecified atom stereocenters. The van der Waals surface area contributed by atoms with Crippen molar-refractivity contribution >= 4 is 10.0 Å². The molecule has 1 aromatic carbocycles. The molecule has 0 spiro atoms. The molecule has 0 bridgehead atoms. The Morgan fingerprint density at radius 3 is 2.68 bits per heavy atom. The minimum Gasteiger partial charge on any atom is -0.299 e. The number of sulfonamides is 1. The summed E-state index contributed by atoms with van der Waals surface area (Å²) in [5.41, 5.74) is 1.31. The predicted octanol–water partition coefficient (Wildman–Crippen LogP) is 0.333. The van der Waals surface area contributed by atoms with Crippen LogP contribution in [0, 0.1) is 6.57 Å². The van der Waals surface area contributed by atoms with Gasteiger partial charge in [0, 0.05) is 18.0 Å². The van der Waals surface area contributed by atoms with Crippen LogP contribution in [0.3, 0.4) is 0 Å². The van der Waals surface area contributed by atoms with E-state index in [0.29, 0.717) is 23.6 Å². The third-order valence-electron chi connectivity index (χ3n) is 3.13. The molecule has 2 heterocycles. The van der Waals surface area contributed by atoms with Gasteiger partial charge < -0.3 is 0 Å². The molecule has 10 nitrogen and oxygen atoms in total. The van der Waals surface area contributed by atoms with Crippen molar-refractivity contribution in [3.8, 4) is 11.4 Å². The molecule has 3 aromatic rings. The van der Waals surface area contributed by atoms with Crippen LogP contribution in [-0.2, 0) is 16.6 Å². The Balaban J connectivity index is 1.76. The van der Waals surface area contributed by atoms with Gasteiger partial charge in [0.2, 0.25) is 15.8 Å². The average molecular weight is 356 g/mol. The summed E-state index contributed by atoms with van der Waals surface area (Å²) in [6, 6.07) is 6.00. The third kappa shape index (κ3) is 4.00. The number of tetrazole rings is 1. The Bertz CT molecular complexity index is 993. The van der Waals surface area contributed by atoms with Gasteiger partial charge in [0.25, 0.3) is 6.67 Å². The van der Waals surface area contributed by atoms with E-state index < -0.39 is 10.0 Å². The minimum atomic E-state index is -3.70. The fourth-order valence-electron chi connectivity index (χ4n) is 1.97. The number of nitrogens with zero attached hydrogens (tertiary/aromatic N) is 7. The van der Waals surface area contributed by atoms with Crippen molar-refractivity contribution in [3.05, 3.63) is 60.0 Å². The molecule has 0 saturated heterocycles. The first-order valence-corrected chi connectivity index (χ1v) is 8.53. The van der Waals surface area contributed by atoms with Gasteiger partial charge in [0.1, 0.15) is 6.54 Å². The van der Waals surface area contributed by atoms with Gasteiger partial charge in [0.05, 0.1) is 16.8 Å². The van der Waals surface area contributed by atoms with Crippen LogP contribution in [-0.4, -0.2) is 45.3 Å².